The number of nitrogens with zero attached hydrogens (tertiary/aromatic N) is 4. The number of piperazine rings is 1. The second-order valence-electron chi connectivity index (χ2n) is 5.78. The maximum Gasteiger partial charge on any atom is 0.274 e. The fourth-order valence-corrected chi connectivity index (χ4v) is 2.80. The van der Waals surface area contributed by atoms with Crippen LogP contribution in [-0.2, 0) is 0 Å². The van der Waals surface area contributed by atoms with Crippen molar-refractivity contribution >= 4 is 11.8 Å². The van der Waals surface area contributed by atoms with Crippen molar-refractivity contribution in [2.24, 2.45) is 0 Å². The largest absolute Gasteiger partial charge is 0.497 e. The van der Waals surface area contributed by atoms with Crippen LogP contribution >= 0.6 is 0 Å². The first kappa shape index (κ1) is 17.7. The minimum atomic E-state index is -0.173. The highest BCUT2D eigenvalue weighted by Crippen LogP contribution is 2.24. The summed E-state index contributed by atoms with van der Waals surface area (Å²) in [5.41, 5.74) is 0.805. The predicted octanol–water partition coefficient (Wildman–Crippen LogP) is 1.09. The van der Waals surface area contributed by atoms with E-state index in [1.54, 1.807) is 42.2 Å². The molecule has 0 atom stereocenters. The summed E-state index contributed by atoms with van der Waals surface area (Å²) < 4.78 is 10.4. The Morgan fingerprint density at radius 2 is 1.46 bits per heavy atom. The molecule has 2 amide bonds. The number of hydrogen-bond donors (Lipinski definition) is 0. The number of carbonyl (C=O) groups is 2. The van der Waals surface area contributed by atoms with Crippen LogP contribution in [0.15, 0.2) is 36.8 Å². The predicted molar refractivity (Wildman–Crippen MR) is 93.4 cm³/mol. The van der Waals surface area contributed by atoms with Crippen molar-refractivity contribution < 1.29 is 19.1 Å². The number of benzene rings is 1. The van der Waals surface area contributed by atoms with Gasteiger partial charge >= 0.3 is 0 Å². The molecule has 0 radical (unpaired) electrons. The van der Waals surface area contributed by atoms with E-state index in [4.69, 9.17) is 9.47 Å². The summed E-state index contributed by atoms with van der Waals surface area (Å²) in [6.45, 7) is 1.79. The van der Waals surface area contributed by atoms with Crippen LogP contribution in [0.5, 0.6) is 11.5 Å². The lowest BCUT2D eigenvalue weighted by molar-refractivity contribution is 0.0531. The average molecular weight is 356 g/mol. The van der Waals surface area contributed by atoms with Gasteiger partial charge in [-0.15, -0.1) is 0 Å². The minimum Gasteiger partial charge on any atom is -0.497 e. The van der Waals surface area contributed by atoms with Crippen molar-refractivity contribution in [2.75, 3.05) is 40.4 Å². The van der Waals surface area contributed by atoms with Gasteiger partial charge in [0, 0.05) is 50.2 Å². The van der Waals surface area contributed by atoms with Gasteiger partial charge in [-0.1, -0.05) is 0 Å². The van der Waals surface area contributed by atoms with Gasteiger partial charge in [0.25, 0.3) is 11.8 Å². The van der Waals surface area contributed by atoms with E-state index in [2.05, 4.69) is 9.97 Å². The summed E-state index contributed by atoms with van der Waals surface area (Å²) in [6, 6.07) is 5.08. The normalized spacial score (nSPS) is 14.1. The van der Waals surface area contributed by atoms with Gasteiger partial charge in [-0.05, 0) is 12.1 Å². The van der Waals surface area contributed by atoms with Gasteiger partial charge in [0.2, 0.25) is 0 Å². The van der Waals surface area contributed by atoms with Crippen LogP contribution in [0.1, 0.15) is 20.8 Å². The van der Waals surface area contributed by atoms with Crippen LogP contribution in [0.2, 0.25) is 0 Å². The van der Waals surface area contributed by atoms with Gasteiger partial charge in [-0.3, -0.25) is 14.6 Å². The Morgan fingerprint density at radius 3 is 1.96 bits per heavy atom. The van der Waals surface area contributed by atoms with Gasteiger partial charge in [-0.25, -0.2) is 4.98 Å². The van der Waals surface area contributed by atoms with E-state index in [1.807, 2.05) is 0 Å². The Hall–Kier alpha value is -3.16. The van der Waals surface area contributed by atoms with E-state index >= 15 is 0 Å². The van der Waals surface area contributed by atoms with Crippen LogP contribution < -0.4 is 9.47 Å². The fraction of sp³-hybridized carbons (Fsp3) is 0.333. The van der Waals surface area contributed by atoms with Crippen molar-refractivity contribution in [1.82, 2.24) is 19.8 Å². The van der Waals surface area contributed by atoms with E-state index in [0.29, 0.717) is 48.9 Å². The third kappa shape index (κ3) is 3.74. The standard InChI is InChI=1S/C18H20N4O4/c1-25-14-9-13(10-15(11-14)26-2)17(23)21-5-7-22(8-6-21)18(24)16-12-19-3-4-20-16/h3-4,9-12H,5-8H2,1-2H3. The van der Waals surface area contributed by atoms with Crippen LogP contribution in [0.4, 0.5) is 0 Å². The Balaban J connectivity index is 1.66. The lowest BCUT2D eigenvalue weighted by Gasteiger charge is -2.34. The number of methoxy groups -OCH3 is 2. The molecule has 0 unspecified atom stereocenters. The van der Waals surface area contributed by atoms with Gasteiger partial charge in [0.15, 0.2) is 0 Å². The molecular formula is C18H20N4O4. The molecule has 26 heavy (non-hydrogen) atoms. The maximum atomic E-state index is 12.8. The molecule has 3 rings (SSSR count). The Kier molecular flexibility index (Phi) is 5.31. The fourth-order valence-electron chi connectivity index (χ4n) is 2.80. The zero-order valence-corrected chi connectivity index (χ0v) is 14.7. The first-order valence-electron chi connectivity index (χ1n) is 8.20. The molecule has 0 saturated carbocycles. The molecule has 2 heterocycles. The molecule has 0 bridgehead atoms. The minimum absolute atomic E-state index is 0.117. The molecule has 1 aromatic carbocycles. The highest BCUT2D eigenvalue weighted by atomic mass is 16.5. The Bertz CT molecular complexity index is 767. The van der Waals surface area contributed by atoms with Crippen LogP contribution in [0, 0.1) is 0 Å². The van der Waals surface area contributed by atoms with Crippen molar-refractivity contribution in [3.63, 3.8) is 0 Å². The second-order valence-corrected chi connectivity index (χ2v) is 5.78. The quantitative estimate of drug-likeness (QED) is 0.815. The lowest BCUT2D eigenvalue weighted by atomic mass is 10.1. The molecule has 0 N–H and O–H groups in total. The zero-order chi connectivity index (χ0) is 18.5. The number of rotatable bonds is 4. The van der Waals surface area contributed by atoms with Crippen molar-refractivity contribution in [2.45, 2.75) is 0 Å². The summed E-state index contributed by atoms with van der Waals surface area (Å²) in [5.74, 6) is 0.829. The van der Waals surface area contributed by atoms with Crippen LogP contribution in [0.25, 0.3) is 0 Å². The average Bonchev–Trinajstić information content (AvgIpc) is 2.73. The third-order valence-electron chi connectivity index (χ3n) is 4.23. The van der Waals surface area contributed by atoms with Gasteiger partial charge in [0.1, 0.15) is 17.2 Å². The molecular weight excluding hydrogens is 336 g/mol. The van der Waals surface area contributed by atoms with Gasteiger partial charge in [-0.2, -0.15) is 0 Å². The molecule has 8 nitrogen and oxygen atoms in total. The van der Waals surface area contributed by atoms with E-state index in [-0.39, 0.29) is 11.8 Å². The molecule has 136 valence electrons. The van der Waals surface area contributed by atoms with Crippen molar-refractivity contribution in [3.8, 4) is 11.5 Å². The molecule has 1 aromatic heterocycles. The Morgan fingerprint density at radius 1 is 0.885 bits per heavy atom. The number of ether oxygens (including phenoxy) is 2. The molecule has 2 aromatic rings. The van der Waals surface area contributed by atoms with Gasteiger partial charge in [0.05, 0.1) is 20.4 Å². The van der Waals surface area contributed by atoms with E-state index < -0.39 is 0 Å². The number of aromatic nitrogens is 2. The lowest BCUT2D eigenvalue weighted by Crippen LogP contribution is -2.50. The van der Waals surface area contributed by atoms with Crippen molar-refractivity contribution in [3.05, 3.63) is 48.0 Å². The van der Waals surface area contributed by atoms with E-state index in [0.717, 1.165) is 0 Å². The molecule has 0 spiro atoms. The number of amides is 2. The Labute approximate surface area is 151 Å². The second kappa shape index (κ2) is 7.81. The summed E-state index contributed by atoms with van der Waals surface area (Å²) in [6.07, 6.45) is 4.46. The van der Waals surface area contributed by atoms with E-state index in [1.165, 1.54) is 18.6 Å². The molecule has 1 aliphatic heterocycles. The number of hydrogen-bond acceptors (Lipinski definition) is 6. The summed E-state index contributed by atoms with van der Waals surface area (Å²) >= 11 is 0. The molecule has 1 saturated heterocycles. The number of carbonyl (C=O) groups excluding carboxylic acids is 2. The van der Waals surface area contributed by atoms with E-state index in [9.17, 15) is 9.59 Å². The van der Waals surface area contributed by atoms with Crippen LogP contribution in [-0.4, -0.2) is 72.0 Å². The molecule has 1 aliphatic rings. The summed E-state index contributed by atoms with van der Waals surface area (Å²) in [5, 5.41) is 0. The molecule has 0 aliphatic carbocycles. The van der Waals surface area contributed by atoms with Crippen LogP contribution in [0.3, 0.4) is 0 Å². The highest BCUT2D eigenvalue weighted by Gasteiger charge is 2.26. The highest BCUT2D eigenvalue weighted by molar-refractivity contribution is 5.96. The van der Waals surface area contributed by atoms with Gasteiger partial charge < -0.3 is 19.3 Å². The molecule has 1 fully saturated rings. The molecule has 8 heteroatoms. The SMILES string of the molecule is COc1cc(OC)cc(C(=O)N2CCN(C(=O)c3cnccn3)CC2)c1. The summed E-state index contributed by atoms with van der Waals surface area (Å²) in [4.78, 5) is 36.5. The summed E-state index contributed by atoms with van der Waals surface area (Å²) in [7, 11) is 3.08. The third-order valence-corrected chi connectivity index (χ3v) is 4.23. The first-order chi connectivity index (χ1) is 12.6. The topological polar surface area (TPSA) is 84.9 Å². The smallest absolute Gasteiger partial charge is 0.274 e. The van der Waals surface area contributed by atoms with Crippen molar-refractivity contribution in [1.29, 1.82) is 0 Å². The first-order valence-corrected chi connectivity index (χ1v) is 8.20. The monoisotopic (exact) mass is 356 g/mol. The maximum absolute atomic E-state index is 12.8. The zero-order valence-electron chi connectivity index (χ0n) is 14.7.